The number of esters is 1. The summed E-state index contributed by atoms with van der Waals surface area (Å²) in [7, 11) is -3.77. The molecule has 0 spiro atoms. The summed E-state index contributed by atoms with van der Waals surface area (Å²) in [5.41, 5.74) is 0.708. The van der Waals surface area contributed by atoms with Gasteiger partial charge in [-0.2, -0.15) is 0 Å². The third-order valence-corrected chi connectivity index (χ3v) is 6.52. The molecule has 2 rings (SSSR count). The molecule has 170 valence electrons. The van der Waals surface area contributed by atoms with E-state index in [0.29, 0.717) is 12.3 Å². The van der Waals surface area contributed by atoms with Gasteiger partial charge in [-0.05, 0) is 36.8 Å². The van der Waals surface area contributed by atoms with Crippen LogP contribution >= 0.6 is 0 Å². The summed E-state index contributed by atoms with van der Waals surface area (Å²) in [4.78, 5) is 12.3. The topological polar surface area (TPSA) is 72.5 Å². The molecule has 0 saturated heterocycles. The minimum absolute atomic E-state index is 0.0322. The molecule has 0 atom stereocenters. The monoisotopic (exact) mass is 445 g/mol. The highest BCUT2D eigenvalue weighted by molar-refractivity contribution is 7.92. The van der Waals surface area contributed by atoms with Gasteiger partial charge in [-0.3, -0.25) is 4.72 Å². The molecular formula is C25H35NO4S. The van der Waals surface area contributed by atoms with Crippen molar-refractivity contribution in [1.82, 2.24) is 0 Å². The Morgan fingerprint density at radius 2 is 1.42 bits per heavy atom. The normalized spacial score (nSPS) is 11.3. The van der Waals surface area contributed by atoms with Crippen LogP contribution in [0.15, 0.2) is 59.5 Å². The predicted octanol–water partition coefficient (Wildman–Crippen LogP) is 6.57. The second-order valence-electron chi connectivity index (χ2n) is 7.82. The van der Waals surface area contributed by atoms with Gasteiger partial charge in [-0.15, -0.1) is 0 Å². The Bertz CT molecular complexity index is 881. The first kappa shape index (κ1) is 24.9. The molecule has 2 aromatic carbocycles. The summed E-state index contributed by atoms with van der Waals surface area (Å²) in [5.74, 6) is -0.493. The van der Waals surface area contributed by atoms with Crippen LogP contribution < -0.4 is 4.72 Å². The molecule has 1 N–H and O–H groups in total. The fourth-order valence-electron chi connectivity index (χ4n) is 3.35. The van der Waals surface area contributed by atoms with E-state index in [0.717, 1.165) is 19.3 Å². The van der Waals surface area contributed by atoms with E-state index in [4.69, 9.17) is 4.74 Å². The standard InChI is InChI=1S/C25H35NO4S/c1-2-3-4-5-6-7-8-9-10-14-20-30-25(27)22-16-15-19-24(21-22)31(28,29)26-23-17-12-11-13-18-23/h11-13,15-19,21,26H,2-10,14,20H2,1H3. The fraction of sp³-hybridized carbons (Fsp3) is 0.480. The highest BCUT2D eigenvalue weighted by Gasteiger charge is 2.17. The van der Waals surface area contributed by atoms with Crippen LogP contribution in [0.1, 0.15) is 81.5 Å². The summed E-state index contributed by atoms with van der Waals surface area (Å²) in [6.45, 7) is 2.59. The molecular weight excluding hydrogens is 410 g/mol. The van der Waals surface area contributed by atoms with Crippen LogP contribution in [0.5, 0.6) is 0 Å². The molecule has 0 aliphatic carbocycles. The summed E-state index contributed by atoms with van der Waals surface area (Å²) >= 11 is 0. The van der Waals surface area contributed by atoms with Gasteiger partial charge in [0.2, 0.25) is 0 Å². The van der Waals surface area contributed by atoms with Crippen LogP contribution in [0.2, 0.25) is 0 Å². The number of carbonyl (C=O) groups is 1. The number of nitrogens with one attached hydrogen (secondary N) is 1. The van der Waals surface area contributed by atoms with Crippen molar-refractivity contribution in [3.8, 4) is 0 Å². The van der Waals surface area contributed by atoms with E-state index in [-0.39, 0.29) is 10.5 Å². The van der Waals surface area contributed by atoms with Gasteiger partial charge >= 0.3 is 5.97 Å². The third kappa shape index (κ3) is 9.55. The van der Waals surface area contributed by atoms with Gasteiger partial charge in [0.15, 0.2) is 0 Å². The van der Waals surface area contributed by atoms with Gasteiger partial charge in [0.05, 0.1) is 17.1 Å². The van der Waals surface area contributed by atoms with E-state index in [9.17, 15) is 13.2 Å². The number of para-hydroxylation sites is 1. The molecule has 0 amide bonds. The number of unbranched alkanes of at least 4 members (excludes halogenated alkanes) is 9. The van der Waals surface area contributed by atoms with Crippen LogP contribution in [0, 0.1) is 0 Å². The Balaban J connectivity index is 1.71. The molecule has 6 heteroatoms. The summed E-state index contributed by atoms with van der Waals surface area (Å²) in [6, 6.07) is 14.6. The molecule has 0 aliphatic rings. The molecule has 5 nitrogen and oxygen atoms in total. The maximum absolute atomic E-state index is 12.6. The maximum atomic E-state index is 12.6. The smallest absolute Gasteiger partial charge is 0.338 e. The van der Waals surface area contributed by atoms with Gasteiger partial charge in [0, 0.05) is 5.69 Å². The van der Waals surface area contributed by atoms with Crippen molar-refractivity contribution in [2.75, 3.05) is 11.3 Å². The van der Waals surface area contributed by atoms with Gasteiger partial charge in [0.1, 0.15) is 0 Å². The molecule has 0 bridgehead atoms. The highest BCUT2D eigenvalue weighted by atomic mass is 32.2. The second-order valence-corrected chi connectivity index (χ2v) is 9.50. The van der Waals surface area contributed by atoms with Crippen molar-refractivity contribution >= 4 is 21.7 Å². The highest BCUT2D eigenvalue weighted by Crippen LogP contribution is 2.17. The number of hydrogen-bond acceptors (Lipinski definition) is 4. The largest absolute Gasteiger partial charge is 0.462 e. The van der Waals surface area contributed by atoms with Gasteiger partial charge in [-0.1, -0.05) is 89.0 Å². The van der Waals surface area contributed by atoms with Crippen molar-refractivity contribution in [2.24, 2.45) is 0 Å². The number of benzene rings is 2. The van der Waals surface area contributed by atoms with Gasteiger partial charge in [-0.25, -0.2) is 13.2 Å². The van der Waals surface area contributed by atoms with Crippen LogP contribution in [-0.4, -0.2) is 21.0 Å². The van der Waals surface area contributed by atoms with Crippen LogP contribution in [0.25, 0.3) is 0 Å². The minimum Gasteiger partial charge on any atom is -0.462 e. The zero-order valence-corrected chi connectivity index (χ0v) is 19.3. The number of ether oxygens (including phenoxy) is 1. The molecule has 0 fully saturated rings. The quantitative estimate of drug-likeness (QED) is 0.249. The second kappa shape index (κ2) is 13.9. The average molecular weight is 446 g/mol. The fourth-order valence-corrected chi connectivity index (χ4v) is 4.45. The third-order valence-electron chi connectivity index (χ3n) is 5.14. The summed E-state index contributed by atoms with van der Waals surface area (Å²) in [6.07, 6.45) is 12.1. The molecule has 0 radical (unpaired) electrons. The number of rotatable bonds is 15. The first-order chi connectivity index (χ1) is 15.0. The summed E-state index contributed by atoms with van der Waals surface area (Å²) < 4.78 is 33.0. The van der Waals surface area contributed by atoms with Gasteiger partial charge in [0.25, 0.3) is 10.0 Å². The van der Waals surface area contributed by atoms with Gasteiger partial charge < -0.3 is 4.74 Å². The lowest BCUT2D eigenvalue weighted by atomic mass is 10.1. The van der Waals surface area contributed by atoms with E-state index >= 15 is 0 Å². The predicted molar refractivity (Wildman–Crippen MR) is 126 cm³/mol. The lowest BCUT2D eigenvalue weighted by molar-refractivity contribution is 0.0497. The zero-order valence-electron chi connectivity index (χ0n) is 18.5. The number of sulfonamides is 1. The van der Waals surface area contributed by atoms with Crippen molar-refractivity contribution in [3.63, 3.8) is 0 Å². The zero-order chi connectivity index (χ0) is 22.4. The number of anilines is 1. The Morgan fingerprint density at radius 3 is 2.06 bits per heavy atom. The molecule has 2 aromatic rings. The lowest BCUT2D eigenvalue weighted by Gasteiger charge is -2.09. The Kier molecular flexibility index (Phi) is 11.1. The first-order valence-electron chi connectivity index (χ1n) is 11.4. The van der Waals surface area contributed by atoms with Crippen LogP contribution in [-0.2, 0) is 14.8 Å². The van der Waals surface area contributed by atoms with E-state index in [1.165, 1.54) is 57.1 Å². The van der Waals surface area contributed by atoms with E-state index < -0.39 is 16.0 Å². The Morgan fingerprint density at radius 1 is 0.806 bits per heavy atom. The maximum Gasteiger partial charge on any atom is 0.338 e. The van der Waals surface area contributed by atoms with E-state index in [2.05, 4.69) is 11.6 Å². The van der Waals surface area contributed by atoms with E-state index in [1.54, 1.807) is 36.4 Å². The van der Waals surface area contributed by atoms with Crippen molar-refractivity contribution in [2.45, 2.75) is 76.0 Å². The van der Waals surface area contributed by atoms with E-state index in [1.807, 2.05) is 6.07 Å². The van der Waals surface area contributed by atoms with Crippen molar-refractivity contribution in [3.05, 3.63) is 60.2 Å². The Hall–Kier alpha value is -2.34. The SMILES string of the molecule is CCCCCCCCCCCCOC(=O)c1cccc(S(=O)(=O)Nc2ccccc2)c1. The average Bonchev–Trinajstić information content (AvgIpc) is 2.78. The van der Waals surface area contributed by atoms with Crippen molar-refractivity contribution in [1.29, 1.82) is 0 Å². The number of carbonyl (C=O) groups excluding carboxylic acids is 1. The van der Waals surface area contributed by atoms with Crippen LogP contribution in [0.3, 0.4) is 0 Å². The molecule has 0 saturated carbocycles. The molecule has 31 heavy (non-hydrogen) atoms. The number of hydrogen-bond donors (Lipinski definition) is 1. The molecule has 0 heterocycles. The van der Waals surface area contributed by atoms with Crippen molar-refractivity contribution < 1.29 is 17.9 Å². The molecule has 0 aromatic heterocycles. The first-order valence-corrected chi connectivity index (χ1v) is 12.9. The molecule has 0 unspecified atom stereocenters. The lowest BCUT2D eigenvalue weighted by Crippen LogP contribution is -2.14. The molecule has 0 aliphatic heterocycles. The Labute approximate surface area is 187 Å². The minimum atomic E-state index is -3.77. The van der Waals surface area contributed by atoms with Crippen LogP contribution in [0.4, 0.5) is 5.69 Å². The summed E-state index contributed by atoms with van der Waals surface area (Å²) in [5, 5.41) is 0.